The van der Waals surface area contributed by atoms with E-state index >= 15 is 0 Å². The topological polar surface area (TPSA) is 26.3 Å². The molecule has 1 rings (SSSR count). The minimum absolute atomic E-state index is 0.0345. The van der Waals surface area contributed by atoms with Gasteiger partial charge >= 0.3 is 5.97 Å². The lowest BCUT2D eigenvalue weighted by molar-refractivity contribution is -0.155. The van der Waals surface area contributed by atoms with Crippen LogP contribution in [0.5, 0.6) is 0 Å². The molecule has 1 aromatic carbocycles. The summed E-state index contributed by atoms with van der Waals surface area (Å²) in [5, 5.41) is 0. The molecule has 0 aliphatic carbocycles. The molecule has 0 amide bonds. The first kappa shape index (κ1) is 27.7. The van der Waals surface area contributed by atoms with Gasteiger partial charge in [-0.25, -0.2) is 0 Å². The van der Waals surface area contributed by atoms with E-state index in [1.807, 2.05) is 18.2 Å². The zero-order valence-electron chi connectivity index (χ0n) is 20.9. The fourth-order valence-electron chi connectivity index (χ4n) is 4.37. The number of hydrogen-bond acceptors (Lipinski definition) is 2. The molecule has 0 aromatic heterocycles. The van der Waals surface area contributed by atoms with Gasteiger partial charge in [0.1, 0.15) is 6.10 Å². The molecule has 0 bridgehead atoms. The highest BCUT2D eigenvalue weighted by molar-refractivity contribution is 5.72. The van der Waals surface area contributed by atoms with Crippen LogP contribution in [0.1, 0.15) is 142 Å². The molecule has 2 nitrogen and oxygen atoms in total. The number of carbonyl (C=O) groups excluding carboxylic acids is 1. The second-order valence-electron chi connectivity index (χ2n) is 9.26. The molecule has 2 unspecified atom stereocenters. The van der Waals surface area contributed by atoms with Crippen LogP contribution in [0.15, 0.2) is 30.3 Å². The SMILES string of the molecule is CCCCCCCCCCC(CCCCCCCC)C(=O)OC(CC)c1ccccc1. The van der Waals surface area contributed by atoms with Gasteiger partial charge in [0.05, 0.1) is 5.92 Å². The monoisotopic (exact) mass is 430 g/mol. The zero-order chi connectivity index (χ0) is 22.6. The van der Waals surface area contributed by atoms with Crippen LogP contribution in [-0.4, -0.2) is 5.97 Å². The minimum Gasteiger partial charge on any atom is -0.457 e. The first-order valence-corrected chi connectivity index (χ1v) is 13.5. The summed E-state index contributed by atoms with van der Waals surface area (Å²) in [4.78, 5) is 13.1. The highest BCUT2D eigenvalue weighted by Gasteiger charge is 2.23. The molecule has 1 aromatic rings. The predicted octanol–water partition coefficient (Wildman–Crippen LogP) is 9.58. The van der Waals surface area contributed by atoms with E-state index in [4.69, 9.17) is 4.74 Å². The first-order chi connectivity index (χ1) is 15.2. The van der Waals surface area contributed by atoms with Crippen LogP contribution in [0.2, 0.25) is 0 Å². The van der Waals surface area contributed by atoms with E-state index in [0.717, 1.165) is 37.7 Å². The Kier molecular flexibility index (Phi) is 17.3. The van der Waals surface area contributed by atoms with Gasteiger partial charge in [-0.1, -0.05) is 141 Å². The zero-order valence-corrected chi connectivity index (χ0v) is 20.9. The quantitative estimate of drug-likeness (QED) is 0.152. The Morgan fingerprint density at radius 1 is 0.677 bits per heavy atom. The molecule has 178 valence electrons. The van der Waals surface area contributed by atoms with E-state index < -0.39 is 0 Å². The van der Waals surface area contributed by atoms with Crippen molar-refractivity contribution < 1.29 is 9.53 Å². The largest absolute Gasteiger partial charge is 0.457 e. The Labute approximate surface area is 193 Å². The molecule has 0 N–H and O–H groups in total. The minimum atomic E-state index is -0.112. The summed E-state index contributed by atoms with van der Waals surface area (Å²) < 4.78 is 6.03. The van der Waals surface area contributed by atoms with E-state index in [0.29, 0.717) is 0 Å². The normalized spacial score (nSPS) is 13.1. The van der Waals surface area contributed by atoms with Crippen molar-refractivity contribution >= 4 is 5.97 Å². The van der Waals surface area contributed by atoms with E-state index in [1.54, 1.807) is 0 Å². The third kappa shape index (κ3) is 13.7. The van der Waals surface area contributed by atoms with Crippen molar-refractivity contribution in [3.63, 3.8) is 0 Å². The molecular formula is C29H50O2. The summed E-state index contributed by atoms with van der Waals surface area (Å²) in [5.41, 5.74) is 1.11. The fraction of sp³-hybridized carbons (Fsp3) is 0.759. The number of esters is 1. The molecule has 0 fully saturated rings. The summed E-state index contributed by atoms with van der Waals surface area (Å²) in [6.45, 7) is 6.63. The highest BCUT2D eigenvalue weighted by Crippen LogP contribution is 2.26. The maximum Gasteiger partial charge on any atom is 0.309 e. The van der Waals surface area contributed by atoms with Gasteiger partial charge in [0.15, 0.2) is 0 Å². The molecule has 31 heavy (non-hydrogen) atoms. The number of rotatable bonds is 20. The van der Waals surface area contributed by atoms with Crippen LogP contribution in [0, 0.1) is 5.92 Å². The molecule has 0 radical (unpaired) electrons. The second kappa shape index (κ2) is 19.4. The number of ether oxygens (including phenoxy) is 1. The van der Waals surface area contributed by atoms with Crippen LogP contribution in [0.25, 0.3) is 0 Å². The van der Waals surface area contributed by atoms with E-state index in [1.165, 1.54) is 77.0 Å². The van der Waals surface area contributed by atoms with E-state index in [2.05, 4.69) is 32.9 Å². The lowest BCUT2D eigenvalue weighted by Gasteiger charge is -2.21. The smallest absolute Gasteiger partial charge is 0.309 e. The summed E-state index contributed by atoms with van der Waals surface area (Å²) in [6, 6.07) is 10.2. The van der Waals surface area contributed by atoms with E-state index in [9.17, 15) is 4.79 Å². The van der Waals surface area contributed by atoms with Crippen molar-refractivity contribution in [3.05, 3.63) is 35.9 Å². The molecule has 0 saturated carbocycles. The van der Waals surface area contributed by atoms with Gasteiger partial charge in [-0.15, -0.1) is 0 Å². The molecular weight excluding hydrogens is 380 g/mol. The maximum atomic E-state index is 13.1. The third-order valence-corrected chi connectivity index (χ3v) is 6.45. The Bertz CT molecular complexity index is 525. The van der Waals surface area contributed by atoms with Gasteiger partial charge in [0.2, 0.25) is 0 Å². The molecule has 0 aliphatic heterocycles. The van der Waals surface area contributed by atoms with E-state index in [-0.39, 0.29) is 18.0 Å². The number of hydrogen-bond donors (Lipinski definition) is 0. The fourth-order valence-corrected chi connectivity index (χ4v) is 4.37. The Morgan fingerprint density at radius 2 is 1.13 bits per heavy atom. The summed E-state index contributed by atoms with van der Waals surface area (Å²) in [5.74, 6) is 0.108. The van der Waals surface area contributed by atoms with Gasteiger partial charge in [0, 0.05) is 0 Å². The van der Waals surface area contributed by atoms with Crippen LogP contribution >= 0.6 is 0 Å². The first-order valence-electron chi connectivity index (χ1n) is 13.5. The lowest BCUT2D eigenvalue weighted by atomic mass is 9.94. The van der Waals surface area contributed by atoms with Crippen LogP contribution in [-0.2, 0) is 9.53 Å². The van der Waals surface area contributed by atoms with Crippen LogP contribution in [0.3, 0.4) is 0 Å². The van der Waals surface area contributed by atoms with Gasteiger partial charge in [-0.2, -0.15) is 0 Å². The molecule has 2 heteroatoms. The predicted molar refractivity (Wildman–Crippen MR) is 134 cm³/mol. The molecule has 0 aliphatic rings. The van der Waals surface area contributed by atoms with Crippen LogP contribution < -0.4 is 0 Å². The molecule has 0 heterocycles. The van der Waals surface area contributed by atoms with Crippen molar-refractivity contribution in [2.45, 2.75) is 136 Å². The maximum absolute atomic E-state index is 13.1. The average Bonchev–Trinajstić information content (AvgIpc) is 2.80. The van der Waals surface area contributed by atoms with Gasteiger partial charge in [-0.05, 0) is 24.8 Å². The summed E-state index contributed by atoms with van der Waals surface area (Å²) in [7, 11) is 0. The lowest BCUT2D eigenvalue weighted by Crippen LogP contribution is -2.20. The van der Waals surface area contributed by atoms with Crippen molar-refractivity contribution in [2.24, 2.45) is 5.92 Å². The Morgan fingerprint density at radius 3 is 1.58 bits per heavy atom. The van der Waals surface area contributed by atoms with Gasteiger partial charge in [-0.3, -0.25) is 4.79 Å². The van der Waals surface area contributed by atoms with Crippen molar-refractivity contribution in [2.75, 3.05) is 0 Å². The Hall–Kier alpha value is -1.31. The number of carbonyl (C=O) groups is 1. The highest BCUT2D eigenvalue weighted by atomic mass is 16.5. The number of unbranched alkanes of at least 4 members (excludes halogenated alkanes) is 12. The standard InChI is InChI=1S/C29H50O2/c1-4-7-9-11-13-14-16-19-25-27(24-18-15-12-10-8-5-2)29(30)31-28(6-3)26-22-20-17-21-23-26/h17,20-23,27-28H,4-16,18-19,24-25H2,1-3H3. The van der Waals surface area contributed by atoms with Crippen molar-refractivity contribution in [1.82, 2.24) is 0 Å². The van der Waals surface area contributed by atoms with Crippen molar-refractivity contribution in [1.29, 1.82) is 0 Å². The molecule has 0 spiro atoms. The third-order valence-electron chi connectivity index (χ3n) is 6.45. The van der Waals surface area contributed by atoms with Crippen LogP contribution in [0.4, 0.5) is 0 Å². The summed E-state index contributed by atoms with van der Waals surface area (Å²) in [6.07, 6.45) is 20.8. The van der Waals surface area contributed by atoms with Gasteiger partial charge in [0.25, 0.3) is 0 Å². The van der Waals surface area contributed by atoms with Crippen molar-refractivity contribution in [3.8, 4) is 0 Å². The Balaban J connectivity index is 2.46. The number of benzene rings is 1. The second-order valence-corrected chi connectivity index (χ2v) is 9.26. The molecule has 0 saturated heterocycles. The summed E-state index contributed by atoms with van der Waals surface area (Å²) >= 11 is 0. The molecule has 2 atom stereocenters. The van der Waals surface area contributed by atoms with Gasteiger partial charge < -0.3 is 4.74 Å². The average molecular weight is 431 g/mol.